The first-order chi connectivity index (χ1) is 9.63. The van der Waals surface area contributed by atoms with Gasteiger partial charge in [0.15, 0.2) is 0 Å². The van der Waals surface area contributed by atoms with Gasteiger partial charge < -0.3 is 14.4 Å². The number of amides is 1. The van der Waals surface area contributed by atoms with Crippen LogP contribution in [0.3, 0.4) is 0 Å². The summed E-state index contributed by atoms with van der Waals surface area (Å²) in [5, 5.41) is 0. The molecular weight excluding hydrogens is 296 g/mol. The van der Waals surface area contributed by atoms with Gasteiger partial charge in [0.2, 0.25) is 10.0 Å². The second-order valence-electron chi connectivity index (χ2n) is 5.73. The summed E-state index contributed by atoms with van der Waals surface area (Å²) in [4.78, 5) is 13.4. The van der Waals surface area contributed by atoms with Crippen molar-refractivity contribution in [2.45, 2.75) is 32.5 Å². The van der Waals surface area contributed by atoms with Crippen molar-refractivity contribution in [2.24, 2.45) is 0 Å². The Hall–Kier alpha value is -1.30. The molecule has 1 heterocycles. The number of carbonyl (C=O) groups is 1. The van der Waals surface area contributed by atoms with Crippen LogP contribution in [0, 0.1) is 12.3 Å². The Labute approximate surface area is 126 Å². The zero-order chi connectivity index (χ0) is 16.1. The average Bonchev–Trinajstić information content (AvgIpc) is 2.34. The van der Waals surface area contributed by atoms with Crippen molar-refractivity contribution in [1.82, 2.24) is 9.62 Å². The summed E-state index contributed by atoms with van der Waals surface area (Å²) in [6, 6.07) is 0. The fourth-order valence-electron chi connectivity index (χ4n) is 1.77. The number of nitrogens with zero attached hydrogens (tertiary/aromatic N) is 1. The molecule has 1 aliphatic heterocycles. The predicted octanol–water partition coefficient (Wildman–Crippen LogP) is 0.175. The molecule has 21 heavy (non-hydrogen) atoms. The van der Waals surface area contributed by atoms with Crippen LogP contribution in [-0.2, 0) is 19.5 Å². The van der Waals surface area contributed by atoms with Crippen LogP contribution in [0.1, 0.15) is 20.8 Å². The summed E-state index contributed by atoms with van der Waals surface area (Å²) in [5.74, 6) is 1.96. The quantitative estimate of drug-likeness (QED) is 0.747. The number of nitrogens with one attached hydrogen (secondary N) is 1. The highest BCUT2D eigenvalue weighted by Crippen LogP contribution is 2.13. The number of hydrogen-bond donors (Lipinski definition) is 1. The maximum Gasteiger partial charge on any atom is 0.410 e. The summed E-state index contributed by atoms with van der Waals surface area (Å²) in [7, 11) is -3.52. The van der Waals surface area contributed by atoms with Crippen LogP contribution in [0.2, 0.25) is 0 Å². The monoisotopic (exact) mass is 318 g/mol. The van der Waals surface area contributed by atoms with Gasteiger partial charge in [0.05, 0.1) is 31.6 Å². The molecule has 0 spiro atoms. The predicted molar refractivity (Wildman–Crippen MR) is 78.2 cm³/mol. The highest BCUT2D eigenvalue weighted by molar-refractivity contribution is 7.89. The van der Waals surface area contributed by atoms with E-state index in [1.807, 2.05) is 0 Å². The number of carbonyl (C=O) groups excluding carboxylic acids is 1. The molecule has 1 fully saturated rings. The summed E-state index contributed by atoms with van der Waals surface area (Å²) in [6.07, 6.45) is 3.95. The largest absolute Gasteiger partial charge is 0.444 e. The number of hydrogen-bond acceptors (Lipinski definition) is 5. The molecule has 1 N–H and O–H groups in total. The third-order valence-corrected chi connectivity index (χ3v) is 3.98. The first-order valence-electron chi connectivity index (χ1n) is 6.63. The van der Waals surface area contributed by atoms with Crippen LogP contribution in [-0.4, -0.2) is 63.1 Å². The molecule has 0 aromatic heterocycles. The molecule has 0 saturated carbocycles. The van der Waals surface area contributed by atoms with Crippen molar-refractivity contribution in [1.29, 1.82) is 0 Å². The van der Waals surface area contributed by atoms with Crippen molar-refractivity contribution < 1.29 is 22.7 Å². The van der Waals surface area contributed by atoms with Crippen LogP contribution >= 0.6 is 0 Å². The Bertz CT molecular complexity index is 504. The molecule has 1 amide bonds. The number of rotatable bonds is 4. The standard InChI is InChI=1S/C13H22N2O5S/c1-5-6-14-21(17,18)10-11-9-15(7-8-19-11)12(16)20-13(2,3)4/h1,11,14H,6-10H2,2-4H3/t11-/m1/s1. The topological polar surface area (TPSA) is 84.9 Å². The van der Waals surface area contributed by atoms with Gasteiger partial charge in [0.25, 0.3) is 0 Å². The molecule has 1 atom stereocenters. The maximum absolute atomic E-state index is 12.0. The number of sulfonamides is 1. The van der Waals surface area contributed by atoms with E-state index in [4.69, 9.17) is 15.9 Å². The summed E-state index contributed by atoms with van der Waals surface area (Å²) >= 11 is 0. The molecule has 0 bridgehead atoms. The summed E-state index contributed by atoms with van der Waals surface area (Å²) < 4.78 is 36.4. The third kappa shape index (κ3) is 6.80. The van der Waals surface area contributed by atoms with E-state index >= 15 is 0 Å². The molecule has 1 saturated heterocycles. The zero-order valence-corrected chi connectivity index (χ0v) is 13.4. The Kier molecular flexibility index (Phi) is 6.01. The number of ether oxygens (including phenoxy) is 2. The van der Waals surface area contributed by atoms with E-state index in [1.165, 1.54) is 4.90 Å². The van der Waals surface area contributed by atoms with Crippen LogP contribution in [0.25, 0.3) is 0 Å². The van der Waals surface area contributed by atoms with Crippen molar-refractivity contribution in [2.75, 3.05) is 32.0 Å². The van der Waals surface area contributed by atoms with Gasteiger partial charge in [0.1, 0.15) is 5.60 Å². The van der Waals surface area contributed by atoms with E-state index in [1.54, 1.807) is 20.8 Å². The lowest BCUT2D eigenvalue weighted by Gasteiger charge is -2.34. The highest BCUT2D eigenvalue weighted by Gasteiger charge is 2.30. The summed E-state index contributed by atoms with van der Waals surface area (Å²) in [5.41, 5.74) is -0.592. The zero-order valence-electron chi connectivity index (χ0n) is 12.6. The van der Waals surface area contributed by atoms with E-state index in [0.717, 1.165) is 0 Å². The second kappa shape index (κ2) is 7.11. The molecule has 1 aliphatic rings. The van der Waals surface area contributed by atoms with Crippen LogP contribution in [0.15, 0.2) is 0 Å². The van der Waals surface area contributed by atoms with Gasteiger partial charge in [-0.1, -0.05) is 5.92 Å². The van der Waals surface area contributed by atoms with Gasteiger partial charge >= 0.3 is 6.09 Å². The van der Waals surface area contributed by atoms with Gasteiger partial charge in [-0.15, -0.1) is 6.42 Å². The maximum atomic E-state index is 12.0. The average molecular weight is 318 g/mol. The van der Waals surface area contributed by atoms with Gasteiger partial charge in [0, 0.05) is 6.54 Å². The minimum absolute atomic E-state index is 0.0646. The van der Waals surface area contributed by atoms with E-state index < -0.39 is 27.8 Å². The molecule has 0 aromatic carbocycles. The fraction of sp³-hybridized carbons (Fsp3) is 0.769. The lowest BCUT2D eigenvalue weighted by molar-refractivity contribution is -0.0343. The van der Waals surface area contributed by atoms with E-state index in [0.29, 0.717) is 6.54 Å². The molecule has 0 aliphatic carbocycles. The molecule has 7 nitrogen and oxygen atoms in total. The molecular formula is C13H22N2O5S. The van der Waals surface area contributed by atoms with Gasteiger partial charge in [-0.3, -0.25) is 0 Å². The molecule has 8 heteroatoms. The Balaban J connectivity index is 2.57. The lowest BCUT2D eigenvalue weighted by Crippen LogP contribution is -2.50. The third-order valence-electron chi connectivity index (χ3n) is 2.59. The van der Waals surface area contributed by atoms with Gasteiger partial charge in [-0.25, -0.2) is 17.9 Å². The fourth-order valence-corrected chi connectivity index (χ4v) is 2.88. The molecule has 1 rings (SSSR count). The first-order valence-corrected chi connectivity index (χ1v) is 8.28. The molecule has 0 unspecified atom stereocenters. The van der Waals surface area contributed by atoms with Crippen molar-refractivity contribution in [3.05, 3.63) is 0 Å². The van der Waals surface area contributed by atoms with Crippen molar-refractivity contribution in [3.63, 3.8) is 0 Å². The lowest BCUT2D eigenvalue weighted by atomic mass is 10.2. The molecule has 120 valence electrons. The smallest absolute Gasteiger partial charge is 0.410 e. The Morgan fingerprint density at radius 3 is 2.76 bits per heavy atom. The van der Waals surface area contributed by atoms with Gasteiger partial charge in [-0.2, -0.15) is 0 Å². The van der Waals surface area contributed by atoms with Crippen molar-refractivity contribution in [3.8, 4) is 12.3 Å². The first kappa shape index (κ1) is 17.8. The number of terminal acetylenes is 1. The second-order valence-corrected chi connectivity index (χ2v) is 7.58. The highest BCUT2D eigenvalue weighted by atomic mass is 32.2. The molecule has 0 radical (unpaired) electrons. The van der Waals surface area contributed by atoms with Gasteiger partial charge in [-0.05, 0) is 20.8 Å². The van der Waals surface area contributed by atoms with Crippen LogP contribution in [0.4, 0.5) is 4.79 Å². The minimum Gasteiger partial charge on any atom is -0.444 e. The van der Waals surface area contributed by atoms with Crippen LogP contribution in [0.5, 0.6) is 0 Å². The molecule has 0 aromatic rings. The minimum atomic E-state index is -3.52. The van der Waals surface area contributed by atoms with Crippen LogP contribution < -0.4 is 4.72 Å². The Morgan fingerprint density at radius 1 is 1.52 bits per heavy atom. The van der Waals surface area contributed by atoms with E-state index in [9.17, 15) is 13.2 Å². The number of morpholine rings is 1. The Morgan fingerprint density at radius 2 is 2.19 bits per heavy atom. The SMILES string of the molecule is C#CCNS(=O)(=O)C[C@H]1CN(C(=O)OC(C)(C)C)CCO1. The normalized spacial score (nSPS) is 19.9. The van der Waals surface area contributed by atoms with E-state index in [2.05, 4.69) is 10.6 Å². The van der Waals surface area contributed by atoms with Crippen molar-refractivity contribution >= 4 is 16.1 Å². The summed E-state index contributed by atoms with van der Waals surface area (Å²) in [6.45, 7) is 6.08. The van der Waals surface area contributed by atoms with E-state index in [-0.39, 0.29) is 25.4 Å².